The summed E-state index contributed by atoms with van der Waals surface area (Å²) >= 11 is 0. The van der Waals surface area contributed by atoms with Gasteiger partial charge in [-0.2, -0.15) is 0 Å². The van der Waals surface area contributed by atoms with Crippen LogP contribution in [-0.2, 0) is 4.74 Å². The smallest absolute Gasteiger partial charge is 0.253 e. The minimum Gasteiger partial charge on any atom is -0.379 e. The number of nitrogens with zero attached hydrogens (tertiary/aromatic N) is 3. The van der Waals surface area contributed by atoms with Crippen molar-refractivity contribution in [1.82, 2.24) is 19.8 Å². The summed E-state index contributed by atoms with van der Waals surface area (Å²) in [6, 6.07) is 7.81. The number of hydrogen-bond donors (Lipinski definition) is 1. The first-order valence-corrected chi connectivity index (χ1v) is 10.7. The number of rotatable bonds is 4. The quantitative estimate of drug-likeness (QED) is 0.866. The molecule has 2 aliphatic heterocycles. The van der Waals surface area contributed by atoms with Crippen molar-refractivity contribution in [2.75, 3.05) is 45.9 Å². The topological polar surface area (TPSA) is 61.5 Å². The van der Waals surface area contributed by atoms with E-state index in [0.29, 0.717) is 11.3 Å². The van der Waals surface area contributed by atoms with E-state index in [4.69, 9.17) is 4.74 Å². The summed E-state index contributed by atoms with van der Waals surface area (Å²) in [6.45, 7) is 11.2. The van der Waals surface area contributed by atoms with Crippen LogP contribution in [0.15, 0.2) is 36.7 Å². The molecule has 2 atom stereocenters. The highest BCUT2D eigenvalue weighted by Crippen LogP contribution is 2.63. The molecule has 0 unspecified atom stereocenters. The Kier molecular flexibility index (Phi) is 4.51. The summed E-state index contributed by atoms with van der Waals surface area (Å²) in [4.78, 5) is 25.3. The Morgan fingerprint density at radius 3 is 2.66 bits per heavy atom. The number of aromatic nitrogens is 2. The van der Waals surface area contributed by atoms with E-state index in [2.05, 4.69) is 33.6 Å². The molecule has 3 fully saturated rings. The Balaban J connectivity index is 1.32. The zero-order valence-electron chi connectivity index (χ0n) is 17.4. The van der Waals surface area contributed by atoms with Crippen molar-refractivity contribution in [3.8, 4) is 11.4 Å². The Hall–Kier alpha value is -2.18. The van der Waals surface area contributed by atoms with Gasteiger partial charge in [-0.25, -0.2) is 4.98 Å². The van der Waals surface area contributed by atoms with Crippen LogP contribution in [0.5, 0.6) is 0 Å². The van der Waals surface area contributed by atoms with Crippen LogP contribution in [0, 0.1) is 16.7 Å². The summed E-state index contributed by atoms with van der Waals surface area (Å²) < 4.78 is 5.52. The second-order valence-corrected chi connectivity index (χ2v) is 9.67. The Labute approximate surface area is 172 Å². The summed E-state index contributed by atoms with van der Waals surface area (Å²) in [7, 11) is 0. The standard InChI is InChI=1S/C23H30N4O2/c1-22(2)14-23(15-26-9-11-29-12-10-26)16-27(13-19(22)23)21(28)18-5-3-17(4-6-18)20-24-7-8-25-20/h3-8,19H,9-16H2,1-2H3,(H,24,25)/t19-,23+/m1/s1. The number of benzene rings is 1. The molecule has 1 N–H and O–H groups in total. The molecular formula is C23H30N4O2. The lowest BCUT2D eigenvalue weighted by Crippen LogP contribution is -2.59. The van der Waals surface area contributed by atoms with Gasteiger partial charge in [-0.05, 0) is 29.9 Å². The van der Waals surface area contributed by atoms with E-state index in [1.165, 1.54) is 6.42 Å². The molecule has 3 aliphatic rings. The zero-order valence-corrected chi connectivity index (χ0v) is 17.4. The zero-order chi connectivity index (χ0) is 20.1. The Bertz CT molecular complexity index is 871. The maximum atomic E-state index is 13.3. The minimum absolute atomic E-state index is 0.155. The van der Waals surface area contributed by atoms with E-state index >= 15 is 0 Å². The predicted octanol–water partition coefficient (Wildman–Crippen LogP) is 2.90. The summed E-state index contributed by atoms with van der Waals surface area (Å²) in [5, 5.41) is 0. The van der Waals surface area contributed by atoms with Gasteiger partial charge in [0.2, 0.25) is 0 Å². The van der Waals surface area contributed by atoms with Gasteiger partial charge in [0, 0.05) is 61.7 Å². The van der Waals surface area contributed by atoms with Gasteiger partial charge in [-0.1, -0.05) is 26.0 Å². The number of amides is 1. The number of morpholine rings is 1. The molecule has 154 valence electrons. The van der Waals surface area contributed by atoms with Gasteiger partial charge in [0.05, 0.1) is 13.2 Å². The number of likely N-dealkylation sites (tertiary alicyclic amines) is 1. The van der Waals surface area contributed by atoms with Crippen molar-refractivity contribution in [1.29, 1.82) is 0 Å². The molecule has 1 aliphatic carbocycles. The summed E-state index contributed by atoms with van der Waals surface area (Å²) in [6.07, 6.45) is 4.75. The van der Waals surface area contributed by atoms with Gasteiger partial charge in [-0.3, -0.25) is 9.69 Å². The van der Waals surface area contributed by atoms with Crippen LogP contribution in [0.1, 0.15) is 30.6 Å². The average Bonchev–Trinajstić information content (AvgIpc) is 3.35. The number of aromatic amines is 1. The van der Waals surface area contributed by atoms with E-state index in [-0.39, 0.29) is 11.3 Å². The molecule has 1 aromatic carbocycles. The van der Waals surface area contributed by atoms with Crippen LogP contribution in [0.25, 0.3) is 11.4 Å². The van der Waals surface area contributed by atoms with E-state index in [9.17, 15) is 4.79 Å². The van der Waals surface area contributed by atoms with Gasteiger partial charge in [-0.15, -0.1) is 0 Å². The van der Waals surface area contributed by atoms with Crippen molar-refractivity contribution in [3.05, 3.63) is 42.2 Å². The van der Waals surface area contributed by atoms with Crippen molar-refractivity contribution >= 4 is 5.91 Å². The molecular weight excluding hydrogens is 364 g/mol. The fourth-order valence-electron chi connectivity index (χ4n) is 6.08. The molecule has 6 nitrogen and oxygen atoms in total. The first-order valence-electron chi connectivity index (χ1n) is 10.7. The van der Waals surface area contributed by atoms with Crippen molar-refractivity contribution in [2.24, 2.45) is 16.7 Å². The molecule has 3 heterocycles. The summed E-state index contributed by atoms with van der Waals surface area (Å²) in [5.74, 6) is 1.56. The monoisotopic (exact) mass is 394 g/mol. The van der Waals surface area contributed by atoms with Crippen LogP contribution in [-0.4, -0.2) is 71.6 Å². The molecule has 2 saturated heterocycles. The van der Waals surface area contributed by atoms with Crippen LogP contribution in [0.3, 0.4) is 0 Å². The van der Waals surface area contributed by atoms with Gasteiger partial charge in [0.25, 0.3) is 5.91 Å². The van der Waals surface area contributed by atoms with Gasteiger partial charge < -0.3 is 14.6 Å². The molecule has 2 aromatic rings. The number of nitrogens with one attached hydrogen (secondary N) is 1. The third-order valence-electron chi connectivity index (χ3n) is 7.23. The fraction of sp³-hybridized carbons (Fsp3) is 0.565. The lowest BCUT2D eigenvalue weighted by molar-refractivity contribution is -0.0966. The molecule has 0 spiro atoms. The third kappa shape index (κ3) is 3.28. The largest absolute Gasteiger partial charge is 0.379 e. The number of carbonyl (C=O) groups excluding carboxylic acids is 1. The molecule has 0 radical (unpaired) electrons. The number of H-pyrrole nitrogens is 1. The predicted molar refractivity (Wildman–Crippen MR) is 112 cm³/mol. The molecule has 1 aromatic heterocycles. The SMILES string of the molecule is CC1(C)C[C@]2(CN3CCOCC3)CN(C(=O)c3ccc(-c4ncc[nH]4)cc3)C[C@H]12. The van der Waals surface area contributed by atoms with Crippen LogP contribution in [0.4, 0.5) is 0 Å². The first-order chi connectivity index (χ1) is 14.0. The highest BCUT2D eigenvalue weighted by Gasteiger charge is 2.63. The van der Waals surface area contributed by atoms with Gasteiger partial charge >= 0.3 is 0 Å². The fourth-order valence-corrected chi connectivity index (χ4v) is 6.08. The number of fused-ring (bicyclic) bond motifs is 1. The molecule has 1 saturated carbocycles. The molecule has 29 heavy (non-hydrogen) atoms. The van der Waals surface area contributed by atoms with Gasteiger partial charge in [0.15, 0.2) is 0 Å². The Morgan fingerprint density at radius 1 is 1.24 bits per heavy atom. The van der Waals surface area contributed by atoms with Crippen molar-refractivity contribution in [3.63, 3.8) is 0 Å². The number of ether oxygens (including phenoxy) is 1. The van der Waals surface area contributed by atoms with Crippen LogP contribution >= 0.6 is 0 Å². The second-order valence-electron chi connectivity index (χ2n) is 9.67. The van der Waals surface area contributed by atoms with Crippen LogP contribution in [0.2, 0.25) is 0 Å². The second kappa shape index (κ2) is 6.96. The maximum absolute atomic E-state index is 13.3. The van der Waals surface area contributed by atoms with Crippen molar-refractivity contribution < 1.29 is 9.53 Å². The lowest BCUT2D eigenvalue weighted by atomic mass is 9.48. The van der Waals surface area contributed by atoms with Crippen LogP contribution < -0.4 is 0 Å². The Morgan fingerprint density at radius 2 is 2.00 bits per heavy atom. The highest BCUT2D eigenvalue weighted by molar-refractivity contribution is 5.95. The molecule has 0 bridgehead atoms. The summed E-state index contributed by atoms with van der Waals surface area (Å²) in [5.41, 5.74) is 2.31. The number of carbonyl (C=O) groups is 1. The van der Waals surface area contributed by atoms with E-state index in [1.54, 1.807) is 6.20 Å². The van der Waals surface area contributed by atoms with Crippen molar-refractivity contribution in [2.45, 2.75) is 20.3 Å². The third-order valence-corrected chi connectivity index (χ3v) is 7.23. The molecule has 1 amide bonds. The van der Waals surface area contributed by atoms with E-state index in [1.807, 2.05) is 30.5 Å². The van der Waals surface area contributed by atoms with E-state index in [0.717, 1.165) is 62.9 Å². The molecule has 5 rings (SSSR count). The first kappa shape index (κ1) is 18.8. The number of imidazole rings is 1. The normalized spacial score (nSPS) is 28.8. The van der Waals surface area contributed by atoms with Gasteiger partial charge in [0.1, 0.15) is 5.82 Å². The highest BCUT2D eigenvalue weighted by atomic mass is 16.5. The molecule has 6 heteroatoms. The maximum Gasteiger partial charge on any atom is 0.253 e. The average molecular weight is 395 g/mol. The minimum atomic E-state index is 0.155. The lowest BCUT2D eigenvalue weighted by Gasteiger charge is -2.58. The van der Waals surface area contributed by atoms with E-state index < -0.39 is 0 Å². The number of hydrogen-bond acceptors (Lipinski definition) is 4.